The number of hydrogen-bond donors (Lipinski definition) is 2. The first-order valence-corrected chi connectivity index (χ1v) is 4.62. The van der Waals surface area contributed by atoms with Crippen LogP contribution >= 0.6 is 31.9 Å². The van der Waals surface area contributed by atoms with Crippen molar-refractivity contribution < 1.29 is 0 Å². The highest BCUT2D eigenvalue weighted by Crippen LogP contribution is 2.35. The number of benzene rings is 1. The van der Waals surface area contributed by atoms with Crippen molar-refractivity contribution in [2.24, 2.45) is 0 Å². The van der Waals surface area contributed by atoms with Crippen molar-refractivity contribution in [2.75, 3.05) is 11.5 Å². The average Bonchev–Trinajstić information content (AvgIpc) is 1.97. The van der Waals surface area contributed by atoms with E-state index in [2.05, 4.69) is 31.9 Å². The predicted octanol–water partition coefficient (Wildman–Crippen LogP) is 2.68. The molecule has 0 radical (unpaired) electrons. The standard InChI is InChI=1S/C7H8Br2N2/c1-3-2-4(8)7(11)5(9)6(3)10/h2H,10-11H2,1H3. The Labute approximate surface area is 82.2 Å². The second-order valence-electron chi connectivity index (χ2n) is 2.32. The van der Waals surface area contributed by atoms with E-state index in [1.807, 2.05) is 13.0 Å². The van der Waals surface area contributed by atoms with Gasteiger partial charge in [-0.1, -0.05) is 0 Å². The van der Waals surface area contributed by atoms with E-state index < -0.39 is 0 Å². The summed E-state index contributed by atoms with van der Waals surface area (Å²) in [6.07, 6.45) is 0. The number of halogens is 2. The highest BCUT2D eigenvalue weighted by atomic mass is 79.9. The molecule has 0 saturated heterocycles. The average molecular weight is 280 g/mol. The Morgan fingerprint density at radius 3 is 2.27 bits per heavy atom. The monoisotopic (exact) mass is 278 g/mol. The Kier molecular flexibility index (Phi) is 2.44. The highest BCUT2D eigenvalue weighted by Gasteiger charge is 2.06. The third-order valence-corrected chi connectivity index (χ3v) is 3.01. The van der Waals surface area contributed by atoms with Crippen LogP contribution in [0.2, 0.25) is 0 Å². The maximum atomic E-state index is 5.70. The van der Waals surface area contributed by atoms with Gasteiger partial charge in [-0.25, -0.2) is 0 Å². The van der Waals surface area contributed by atoms with Crippen molar-refractivity contribution in [2.45, 2.75) is 6.92 Å². The molecule has 0 atom stereocenters. The molecule has 1 rings (SSSR count). The lowest BCUT2D eigenvalue weighted by Gasteiger charge is -2.07. The van der Waals surface area contributed by atoms with Crippen LogP contribution in [0.3, 0.4) is 0 Å². The van der Waals surface area contributed by atoms with Crippen LogP contribution < -0.4 is 11.5 Å². The van der Waals surface area contributed by atoms with Crippen molar-refractivity contribution in [1.82, 2.24) is 0 Å². The van der Waals surface area contributed by atoms with Crippen molar-refractivity contribution in [3.8, 4) is 0 Å². The molecular formula is C7H8Br2N2. The molecule has 0 unspecified atom stereocenters. The van der Waals surface area contributed by atoms with Gasteiger partial charge in [0.2, 0.25) is 0 Å². The number of nitrogens with two attached hydrogens (primary N) is 2. The van der Waals surface area contributed by atoms with Gasteiger partial charge in [-0.2, -0.15) is 0 Å². The van der Waals surface area contributed by atoms with Gasteiger partial charge in [0.15, 0.2) is 0 Å². The summed E-state index contributed by atoms with van der Waals surface area (Å²) in [5, 5.41) is 0. The second-order valence-corrected chi connectivity index (χ2v) is 3.96. The minimum atomic E-state index is 0.646. The van der Waals surface area contributed by atoms with Crippen LogP contribution in [0.5, 0.6) is 0 Å². The molecule has 1 aromatic carbocycles. The van der Waals surface area contributed by atoms with Gasteiger partial charge in [-0.15, -0.1) is 0 Å². The van der Waals surface area contributed by atoms with Crippen molar-refractivity contribution in [3.05, 3.63) is 20.6 Å². The van der Waals surface area contributed by atoms with E-state index >= 15 is 0 Å². The van der Waals surface area contributed by atoms with Gasteiger partial charge in [0.25, 0.3) is 0 Å². The Morgan fingerprint density at radius 2 is 1.73 bits per heavy atom. The number of hydrogen-bond acceptors (Lipinski definition) is 2. The predicted molar refractivity (Wildman–Crippen MR) is 55.4 cm³/mol. The van der Waals surface area contributed by atoms with Crippen molar-refractivity contribution in [3.63, 3.8) is 0 Å². The van der Waals surface area contributed by atoms with E-state index in [4.69, 9.17) is 11.5 Å². The van der Waals surface area contributed by atoms with E-state index in [0.717, 1.165) is 14.5 Å². The first-order valence-electron chi connectivity index (χ1n) is 3.03. The second kappa shape index (κ2) is 3.03. The fourth-order valence-corrected chi connectivity index (χ4v) is 2.10. The molecule has 2 nitrogen and oxygen atoms in total. The van der Waals surface area contributed by atoms with Gasteiger partial charge in [-0.05, 0) is 50.4 Å². The lowest BCUT2D eigenvalue weighted by Crippen LogP contribution is -1.96. The number of rotatable bonds is 0. The van der Waals surface area contributed by atoms with Gasteiger partial charge in [0.05, 0.1) is 15.8 Å². The van der Waals surface area contributed by atoms with Crippen molar-refractivity contribution in [1.29, 1.82) is 0 Å². The minimum absolute atomic E-state index is 0.646. The molecule has 0 aliphatic heterocycles. The third kappa shape index (κ3) is 1.51. The maximum Gasteiger partial charge on any atom is 0.0648 e. The van der Waals surface area contributed by atoms with E-state index in [-0.39, 0.29) is 0 Å². The molecule has 0 saturated carbocycles. The smallest absolute Gasteiger partial charge is 0.0648 e. The van der Waals surface area contributed by atoms with Gasteiger partial charge in [0, 0.05) is 4.47 Å². The molecule has 0 heterocycles. The summed E-state index contributed by atoms with van der Waals surface area (Å²) >= 11 is 6.62. The molecule has 0 aliphatic rings. The van der Waals surface area contributed by atoms with Crippen LogP contribution in [-0.2, 0) is 0 Å². The third-order valence-electron chi connectivity index (χ3n) is 1.50. The normalized spacial score (nSPS) is 10.1. The maximum absolute atomic E-state index is 5.70. The zero-order chi connectivity index (χ0) is 8.59. The lowest BCUT2D eigenvalue weighted by atomic mass is 10.2. The largest absolute Gasteiger partial charge is 0.398 e. The summed E-state index contributed by atoms with van der Waals surface area (Å²) in [7, 11) is 0. The molecular weight excluding hydrogens is 272 g/mol. The molecule has 0 aromatic heterocycles. The summed E-state index contributed by atoms with van der Waals surface area (Å²) in [6.45, 7) is 1.93. The van der Waals surface area contributed by atoms with Gasteiger partial charge in [-0.3, -0.25) is 0 Å². The van der Waals surface area contributed by atoms with E-state index in [1.165, 1.54) is 0 Å². The SMILES string of the molecule is Cc1cc(Br)c(N)c(Br)c1N. The van der Waals surface area contributed by atoms with Crippen LogP contribution in [0.4, 0.5) is 11.4 Å². The summed E-state index contributed by atoms with van der Waals surface area (Å²) in [6, 6.07) is 1.90. The van der Waals surface area contributed by atoms with Gasteiger partial charge >= 0.3 is 0 Å². The molecule has 0 bridgehead atoms. The van der Waals surface area contributed by atoms with Crippen LogP contribution in [0.25, 0.3) is 0 Å². The molecule has 1 aromatic rings. The zero-order valence-corrected chi connectivity index (χ0v) is 9.16. The Hall–Kier alpha value is -0.220. The molecule has 0 amide bonds. The van der Waals surface area contributed by atoms with E-state index in [1.54, 1.807) is 0 Å². The Morgan fingerprint density at radius 1 is 1.18 bits per heavy atom. The van der Waals surface area contributed by atoms with Gasteiger partial charge < -0.3 is 11.5 Å². The van der Waals surface area contributed by atoms with Crippen LogP contribution in [-0.4, -0.2) is 0 Å². The Bertz CT molecular complexity index is 271. The quantitative estimate of drug-likeness (QED) is 0.718. The fourth-order valence-electron chi connectivity index (χ4n) is 0.769. The number of anilines is 2. The van der Waals surface area contributed by atoms with E-state index in [0.29, 0.717) is 11.4 Å². The number of nitrogen functional groups attached to an aromatic ring is 2. The van der Waals surface area contributed by atoms with Crippen LogP contribution in [0.15, 0.2) is 15.0 Å². The summed E-state index contributed by atoms with van der Waals surface area (Å²) in [5.41, 5.74) is 13.7. The fraction of sp³-hybridized carbons (Fsp3) is 0.143. The summed E-state index contributed by atoms with van der Waals surface area (Å²) < 4.78 is 1.64. The molecule has 4 N–H and O–H groups in total. The number of aryl methyl sites for hydroxylation is 1. The minimum Gasteiger partial charge on any atom is -0.398 e. The topological polar surface area (TPSA) is 52.0 Å². The van der Waals surface area contributed by atoms with E-state index in [9.17, 15) is 0 Å². The molecule has 4 heteroatoms. The molecule has 11 heavy (non-hydrogen) atoms. The lowest BCUT2D eigenvalue weighted by molar-refractivity contribution is 1.43. The highest BCUT2D eigenvalue weighted by molar-refractivity contribution is 9.11. The molecule has 0 spiro atoms. The molecule has 0 fully saturated rings. The van der Waals surface area contributed by atoms with Crippen LogP contribution in [0, 0.1) is 6.92 Å². The van der Waals surface area contributed by atoms with Crippen molar-refractivity contribution >= 4 is 43.2 Å². The van der Waals surface area contributed by atoms with Gasteiger partial charge in [0.1, 0.15) is 0 Å². The summed E-state index contributed by atoms with van der Waals surface area (Å²) in [4.78, 5) is 0. The molecule has 0 aliphatic carbocycles. The van der Waals surface area contributed by atoms with Crippen LogP contribution in [0.1, 0.15) is 5.56 Å². The Balaban J connectivity index is 3.46. The summed E-state index contributed by atoms with van der Waals surface area (Å²) in [5.74, 6) is 0. The first-order chi connectivity index (χ1) is 5.04. The molecule has 60 valence electrons. The zero-order valence-electron chi connectivity index (χ0n) is 5.99. The first kappa shape index (κ1) is 8.87.